The van der Waals surface area contributed by atoms with Crippen LogP contribution in [-0.4, -0.2) is 25.5 Å². The van der Waals surface area contributed by atoms with E-state index in [1.807, 2.05) is 25.1 Å². The summed E-state index contributed by atoms with van der Waals surface area (Å²) in [4.78, 5) is 13.7. The monoisotopic (exact) mass is 353 g/mol. The highest BCUT2D eigenvalue weighted by atomic mass is 79.9. The van der Waals surface area contributed by atoms with Gasteiger partial charge in [0.15, 0.2) is 6.54 Å². The minimum atomic E-state index is 0.0437. The maximum atomic E-state index is 12.3. The average Bonchev–Trinajstić information content (AvgIpc) is 2.42. The Labute approximate surface area is 136 Å². The van der Waals surface area contributed by atoms with Gasteiger partial charge in [-0.2, -0.15) is 0 Å². The molecule has 4 heteroatoms. The van der Waals surface area contributed by atoms with Crippen molar-refractivity contribution in [1.29, 1.82) is 0 Å². The third kappa shape index (κ3) is 5.44. The number of likely N-dealkylation sites (tertiary alicyclic amines) is 1. The third-order valence-corrected chi connectivity index (χ3v) is 4.94. The summed E-state index contributed by atoms with van der Waals surface area (Å²) in [6, 6.07) is 8.11. The molecule has 0 unspecified atom stereocenters. The summed E-state index contributed by atoms with van der Waals surface area (Å²) in [5.41, 5.74) is 1.13. The first-order chi connectivity index (χ1) is 10.2. The van der Waals surface area contributed by atoms with Gasteiger partial charge in [-0.3, -0.25) is 4.79 Å². The van der Waals surface area contributed by atoms with Crippen LogP contribution in [0.4, 0.5) is 0 Å². The van der Waals surface area contributed by atoms with Crippen molar-refractivity contribution in [3.8, 4) is 0 Å². The summed E-state index contributed by atoms with van der Waals surface area (Å²) in [5, 5.41) is 3.13. The van der Waals surface area contributed by atoms with Gasteiger partial charge < -0.3 is 10.2 Å². The zero-order valence-corrected chi connectivity index (χ0v) is 14.4. The van der Waals surface area contributed by atoms with E-state index in [-0.39, 0.29) is 11.9 Å². The fraction of sp³-hybridized carbons (Fsp3) is 0.588. The molecule has 0 bridgehead atoms. The van der Waals surface area contributed by atoms with Crippen LogP contribution < -0.4 is 10.2 Å². The molecule has 0 saturated carbocycles. The first kappa shape index (κ1) is 16.5. The van der Waals surface area contributed by atoms with E-state index < -0.39 is 0 Å². The average molecular weight is 354 g/mol. The first-order valence-corrected chi connectivity index (χ1v) is 8.83. The van der Waals surface area contributed by atoms with Crippen molar-refractivity contribution >= 4 is 21.8 Å². The van der Waals surface area contributed by atoms with Gasteiger partial charge in [-0.15, -0.1) is 0 Å². The number of amides is 1. The lowest BCUT2D eigenvalue weighted by Gasteiger charge is -2.22. The van der Waals surface area contributed by atoms with E-state index in [2.05, 4.69) is 27.3 Å². The van der Waals surface area contributed by atoms with Crippen molar-refractivity contribution < 1.29 is 9.69 Å². The molecule has 0 aliphatic carbocycles. The number of hydrogen-bond acceptors (Lipinski definition) is 1. The smallest absolute Gasteiger partial charge is 0.275 e. The Bertz CT molecular complexity index is 456. The second-order valence-corrected chi connectivity index (χ2v) is 6.86. The Morgan fingerprint density at radius 1 is 1.19 bits per heavy atom. The van der Waals surface area contributed by atoms with Gasteiger partial charge in [-0.25, -0.2) is 0 Å². The number of carbonyl (C=O) groups is 1. The van der Waals surface area contributed by atoms with Gasteiger partial charge in [0.1, 0.15) is 0 Å². The Morgan fingerprint density at radius 2 is 1.81 bits per heavy atom. The normalized spacial score (nSPS) is 18.6. The van der Waals surface area contributed by atoms with Crippen LogP contribution in [0.2, 0.25) is 0 Å². The summed E-state index contributed by atoms with van der Waals surface area (Å²) >= 11 is 3.55. The molecule has 3 nitrogen and oxygen atoms in total. The lowest BCUT2D eigenvalue weighted by atomic mass is 10.1. The molecule has 0 radical (unpaired) electrons. The molecule has 1 atom stereocenters. The number of hydrogen-bond donors (Lipinski definition) is 2. The van der Waals surface area contributed by atoms with Gasteiger partial charge in [0.25, 0.3) is 5.91 Å². The minimum Gasteiger partial charge on any atom is -0.345 e. The van der Waals surface area contributed by atoms with Crippen molar-refractivity contribution in [3.63, 3.8) is 0 Å². The summed E-state index contributed by atoms with van der Waals surface area (Å²) in [6.07, 6.45) is 6.50. The molecule has 1 aliphatic rings. The van der Waals surface area contributed by atoms with Gasteiger partial charge in [0.05, 0.1) is 19.1 Å². The molecule has 21 heavy (non-hydrogen) atoms. The Morgan fingerprint density at radius 3 is 2.48 bits per heavy atom. The highest BCUT2D eigenvalue weighted by molar-refractivity contribution is 9.10. The Balaban J connectivity index is 1.84. The molecule has 1 amide bonds. The van der Waals surface area contributed by atoms with Crippen LogP contribution in [0.3, 0.4) is 0 Å². The van der Waals surface area contributed by atoms with Crippen molar-refractivity contribution in [2.45, 2.75) is 45.1 Å². The van der Waals surface area contributed by atoms with E-state index in [0.717, 1.165) is 23.1 Å². The molecule has 1 fully saturated rings. The zero-order chi connectivity index (χ0) is 15.1. The van der Waals surface area contributed by atoms with Crippen LogP contribution in [-0.2, 0) is 4.79 Å². The second-order valence-electron chi connectivity index (χ2n) is 6.01. The number of carbonyl (C=O) groups excluding carboxylic acids is 1. The SMILES string of the molecule is C[C@@H](NC(=O)C[NH+]1CCCCCCC1)c1ccccc1Br. The van der Waals surface area contributed by atoms with E-state index >= 15 is 0 Å². The molecule has 1 aromatic carbocycles. The van der Waals surface area contributed by atoms with Crippen molar-refractivity contribution in [2.75, 3.05) is 19.6 Å². The predicted octanol–water partition coefficient (Wildman–Crippen LogP) is 2.48. The molecule has 1 aromatic rings. The highest BCUT2D eigenvalue weighted by Gasteiger charge is 2.18. The minimum absolute atomic E-state index is 0.0437. The fourth-order valence-corrected chi connectivity index (χ4v) is 3.63. The maximum Gasteiger partial charge on any atom is 0.275 e. The highest BCUT2D eigenvalue weighted by Crippen LogP contribution is 2.22. The molecule has 0 spiro atoms. The summed E-state index contributed by atoms with van der Waals surface area (Å²) < 4.78 is 1.05. The quantitative estimate of drug-likeness (QED) is 0.856. The summed E-state index contributed by atoms with van der Waals surface area (Å²) in [5.74, 6) is 0.161. The molecule has 2 rings (SSSR count). The topological polar surface area (TPSA) is 33.5 Å². The van der Waals surface area contributed by atoms with Crippen LogP contribution in [0.25, 0.3) is 0 Å². The lowest BCUT2D eigenvalue weighted by Crippen LogP contribution is -3.13. The van der Waals surface area contributed by atoms with Crippen LogP contribution in [0.1, 0.15) is 50.6 Å². The van der Waals surface area contributed by atoms with Crippen LogP contribution in [0.5, 0.6) is 0 Å². The fourth-order valence-electron chi connectivity index (χ4n) is 3.01. The van der Waals surface area contributed by atoms with Gasteiger partial charge in [0, 0.05) is 4.47 Å². The number of halogens is 1. The second kappa shape index (κ2) is 8.54. The van der Waals surface area contributed by atoms with E-state index in [4.69, 9.17) is 0 Å². The largest absolute Gasteiger partial charge is 0.345 e. The van der Waals surface area contributed by atoms with E-state index in [9.17, 15) is 4.79 Å². The molecule has 0 aromatic heterocycles. The van der Waals surface area contributed by atoms with Crippen LogP contribution in [0, 0.1) is 0 Å². The number of nitrogens with one attached hydrogen (secondary N) is 2. The Kier molecular flexibility index (Phi) is 6.71. The molecule has 1 aliphatic heterocycles. The molecule has 116 valence electrons. The van der Waals surface area contributed by atoms with Gasteiger partial charge in [0.2, 0.25) is 0 Å². The van der Waals surface area contributed by atoms with E-state index in [1.54, 1.807) is 0 Å². The summed E-state index contributed by atoms with van der Waals surface area (Å²) in [6.45, 7) is 4.92. The number of benzene rings is 1. The zero-order valence-electron chi connectivity index (χ0n) is 12.8. The van der Waals surface area contributed by atoms with Gasteiger partial charge in [-0.05, 0) is 44.2 Å². The van der Waals surface area contributed by atoms with Gasteiger partial charge in [-0.1, -0.05) is 40.5 Å². The van der Waals surface area contributed by atoms with Crippen molar-refractivity contribution in [1.82, 2.24) is 5.32 Å². The first-order valence-electron chi connectivity index (χ1n) is 8.04. The summed E-state index contributed by atoms with van der Waals surface area (Å²) in [7, 11) is 0. The van der Waals surface area contributed by atoms with Crippen LogP contribution >= 0.6 is 15.9 Å². The number of rotatable bonds is 4. The molecular formula is C17H26BrN2O+. The van der Waals surface area contributed by atoms with E-state index in [1.165, 1.54) is 37.0 Å². The lowest BCUT2D eigenvalue weighted by molar-refractivity contribution is -0.893. The van der Waals surface area contributed by atoms with Crippen molar-refractivity contribution in [2.24, 2.45) is 0 Å². The van der Waals surface area contributed by atoms with Gasteiger partial charge >= 0.3 is 0 Å². The maximum absolute atomic E-state index is 12.3. The molecular weight excluding hydrogens is 328 g/mol. The molecule has 1 saturated heterocycles. The van der Waals surface area contributed by atoms with E-state index in [0.29, 0.717) is 6.54 Å². The standard InChI is InChI=1S/C17H25BrN2O/c1-14(15-9-5-6-10-16(15)18)19-17(21)13-20-11-7-3-2-4-8-12-20/h5-6,9-10,14H,2-4,7-8,11-13H2,1H3,(H,19,21)/p+1/t14-/m1/s1. The molecule has 1 heterocycles. The Hall–Kier alpha value is -0.870. The van der Waals surface area contributed by atoms with Crippen LogP contribution in [0.15, 0.2) is 28.7 Å². The number of quaternary nitrogens is 1. The third-order valence-electron chi connectivity index (χ3n) is 4.22. The predicted molar refractivity (Wildman–Crippen MR) is 89.3 cm³/mol. The van der Waals surface area contributed by atoms with Crippen molar-refractivity contribution in [3.05, 3.63) is 34.3 Å². The molecule has 2 N–H and O–H groups in total.